The monoisotopic (exact) mass is 631 g/mol. The Kier molecular flexibility index (Phi) is 6.59. The number of hydrogen-bond donors (Lipinski definition) is 0. The lowest BCUT2D eigenvalue weighted by molar-refractivity contribution is 0.0926. The topological polar surface area (TPSA) is 55.2 Å². The molecule has 8 aromatic rings. The van der Waals surface area contributed by atoms with Gasteiger partial charge in [0.1, 0.15) is 0 Å². The number of amides is 2. The first-order chi connectivity index (χ1) is 24.1. The minimum atomic E-state index is -0.348. The maximum atomic E-state index is 15.1. The number of carbonyl (C=O) groups excluding carboxylic acids is 2. The van der Waals surface area contributed by atoms with Crippen LogP contribution in [0.15, 0.2) is 158 Å². The van der Waals surface area contributed by atoms with Gasteiger partial charge in [0.25, 0.3) is 11.8 Å². The number of anilines is 1. The minimum Gasteiger partial charge on any atom is -0.308 e. The van der Waals surface area contributed by atoms with E-state index in [1.807, 2.05) is 122 Å². The number of para-hydroxylation sites is 3. The summed E-state index contributed by atoms with van der Waals surface area (Å²) in [4.78, 5) is 35.4. The van der Waals surface area contributed by atoms with Gasteiger partial charge in [-0.1, -0.05) is 121 Å². The molecule has 0 fully saturated rings. The molecule has 0 saturated heterocycles. The van der Waals surface area contributed by atoms with E-state index in [1.165, 1.54) is 4.90 Å². The summed E-state index contributed by atoms with van der Waals surface area (Å²) in [7, 11) is 0. The Morgan fingerprint density at radius 3 is 1.82 bits per heavy atom. The first-order valence-electron chi connectivity index (χ1n) is 16.3. The number of pyridine rings is 1. The molecular formula is C44H29N3O2. The molecule has 6 aromatic carbocycles. The van der Waals surface area contributed by atoms with E-state index in [9.17, 15) is 4.79 Å². The summed E-state index contributed by atoms with van der Waals surface area (Å²) < 4.78 is 2.16. The zero-order valence-electron chi connectivity index (χ0n) is 26.7. The van der Waals surface area contributed by atoms with Gasteiger partial charge in [-0.25, -0.2) is 4.90 Å². The summed E-state index contributed by atoms with van der Waals surface area (Å²) in [6.45, 7) is 2.06. The zero-order chi connectivity index (χ0) is 33.1. The second-order valence-corrected chi connectivity index (χ2v) is 12.3. The van der Waals surface area contributed by atoms with Gasteiger partial charge in [-0.05, 0) is 53.4 Å². The van der Waals surface area contributed by atoms with Crippen LogP contribution in [0.2, 0.25) is 0 Å². The fraction of sp³-hybridized carbons (Fsp3) is 0.0227. The molecule has 1 aliphatic rings. The van der Waals surface area contributed by atoms with Crippen LogP contribution in [0.3, 0.4) is 0 Å². The van der Waals surface area contributed by atoms with Gasteiger partial charge >= 0.3 is 0 Å². The highest BCUT2D eigenvalue weighted by molar-refractivity contribution is 6.37. The first kappa shape index (κ1) is 28.6. The molecule has 0 aliphatic carbocycles. The second kappa shape index (κ2) is 11.3. The molecule has 0 unspecified atom stereocenters. The molecule has 1 aliphatic heterocycles. The van der Waals surface area contributed by atoms with Crippen LogP contribution in [0.1, 0.15) is 26.3 Å². The molecule has 0 N–H and O–H groups in total. The van der Waals surface area contributed by atoms with E-state index in [2.05, 4.69) is 46.8 Å². The van der Waals surface area contributed by atoms with Crippen molar-refractivity contribution in [1.29, 1.82) is 0 Å². The van der Waals surface area contributed by atoms with Crippen LogP contribution < -0.4 is 4.90 Å². The Labute approximate surface area is 283 Å². The summed E-state index contributed by atoms with van der Waals surface area (Å²) in [5.74, 6) is -0.687. The number of aromatic nitrogens is 2. The molecular weight excluding hydrogens is 603 g/mol. The van der Waals surface area contributed by atoms with Crippen molar-refractivity contribution < 1.29 is 9.59 Å². The van der Waals surface area contributed by atoms with Crippen molar-refractivity contribution in [2.75, 3.05) is 4.90 Å². The molecule has 5 heteroatoms. The molecule has 0 saturated carbocycles. The highest BCUT2D eigenvalue weighted by Crippen LogP contribution is 2.45. The smallest absolute Gasteiger partial charge is 0.268 e. The van der Waals surface area contributed by atoms with E-state index < -0.39 is 0 Å². The Bertz CT molecular complexity index is 2550. The summed E-state index contributed by atoms with van der Waals surface area (Å²) >= 11 is 0. The molecule has 232 valence electrons. The third kappa shape index (κ3) is 4.36. The number of fused-ring (bicyclic) bond motifs is 4. The van der Waals surface area contributed by atoms with Gasteiger partial charge in [0.15, 0.2) is 0 Å². The number of hydrogen-bond acceptors (Lipinski definition) is 3. The molecule has 2 aromatic heterocycles. The lowest BCUT2D eigenvalue weighted by atomic mass is 9.95. The normalized spacial score (nSPS) is 12.6. The average Bonchev–Trinajstić information content (AvgIpc) is 3.63. The van der Waals surface area contributed by atoms with Crippen LogP contribution in [-0.2, 0) is 0 Å². The SMILES string of the molecule is Cc1cnccc1-c1cccc2c3ccccc3n(-c3cccc4c3C(=O)N(c3c(-c5ccccc5)cccc3-c3ccccc3)C4=O)c12. The third-order valence-electron chi connectivity index (χ3n) is 9.57. The summed E-state index contributed by atoms with van der Waals surface area (Å²) in [6, 6.07) is 48.0. The summed E-state index contributed by atoms with van der Waals surface area (Å²) in [5, 5.41) is 2.13. The molecule has 0 atom stereocenters. The van der Waals surface area contributed by atoms with Crippen LogP contribution >= 0.6 is 0 Å². The molecule has 3 heterocycles. The molecule has 0 spiro atoms. The molecule has 0 radical (unpaired) electrons. The van der Waals surface area contributed by atoms with Crippen molar-refractivity contribution in [3.8, 4) is 39.1 Å². The standard InChI is InChI=1S/C44H29N3O2/c1-28-27-45-26-25-31(28)35-20-11-21-36-34-17-8-9-23-38(34)46(42(35)36)39-24-12-22-37-40(39)44(49)47(43(37)48)41-32(29-13-4-2-5-14-29)18-10-19-33(41)30-15-6-3-7-16-30/h2-27H,1H3. The highest BCUT2D eigenvalue weighted by Gasteiger charge is 2.41. The van der Waals surface area contributed by atoms with E-state index >= 15 is 4.79 Å². The van der Waals surface area contributed by atoms with Gasteiger partial charge in [-0.15, -0.1) is 0 Å². The van der Waals surface area contributed by atoms with Crippen molar-refractivity contribution >= 4 is 39.3 Å². The van der Waals surface area contributed by atoms with Crippen LogP contribution in [0.25, 0.3) is 60.9 Å². The number of rotatable bonds is 5. The van der Waals surface area contributed by atoms with Gasteiger partial charge < -0.3 is 4.57 Å². The number of nitrogens with zero attached hydrogens (tertiary/aromatic N) is 3. The Balaban J connectivity index is 1.32. The van der Waals surface area contributed by atoms with Gasteiger partial charge in [0.2, 0.25) is 0 Å². The Morgan fingerprint density at radius 1 is 0.510 bits per heavy atom. The van der Waals surface area contributed by atoms with Crippen LogP contribution in [0.5, 0.6) is 0 Å². The lowest BCUT2D eigenvalue weighted by Gasteiger charge is -2.23. The Hall–Kier alpha value is -6.59. The number of benzene rings is 6. The molecule has 9 rings (SSSR count). The van der Waals surface area contributed by atoms with E-state index in [-0.39, 0.29) is 11.8 Å². The molecule has 49 heavy (non-hydrogen) atoms. The Morgan fingerprint density at radius 2 is 1.10 bits per heavy atom. The largest absolute Gasteiger partial charge is 0.308 e. The predicted octanol–water partition coefficient (Wildman–Crippen LogP) is 10.3. The average molecular weight is 632 g/mol. The van der Waals surface area contributed by atoms with E-state index in [0.717, 1.165) is 60.8 Å². The van der Waals surface area contributed by atoms with Crippen LogP contribution in [0.4, 0.5) is 5.69 Å². The van der Waals surface area contributed by atoms with Crippen molar-refractivity contribution in [2.24, 2.45) is 0 Å². The molecule has 0 bridgehead atoms. The van der Waals surface area contributed by atoms with Gasteiger partial charge in [0, 0.05) is 39.9 Å². The van der Waals surface area contributed by atoms with Crippen molar-refractivity contribution in [3.63, 3.8) is 0 Å². The zero-order valence-corrected chi connectivity index (χ0v) is 26.7. The van der Waals surface area contributed by atoms with E-state index in [0.29, 0.717) is 22.5 Å². The summed E-state index contributed by atoms with van der Waals surface area (Å²) in [6.07, 6.45) is 3.68. The minimum absolute atomic E-state index is 0.339. The lowest BCUT2D eigenvalue weighted by Crippen LogP contribution is -2.30. The maximum absolute atomic E-state index is 15.1. The number of aryl methyl sites for hydroxylation is 1. The second-order valence-electron chi connectivity index (χ2n) is 12.3. The van der Waals surface area contributed by atoms with Crippen LogP contribution in [-0.4, -0.2) is 21.4 Å². The van der Waals surface area contributed by atoms with Crippen molar-refractivity contribution in [3.05, 3.63) is 175 Å². The summed E-state index contributed by atoms with van der Waals surface area (Å²) in [5.41, 5.74) is 10.5. The predicted molar refractivity (Wildman–Crippen MR) is 197 cm³/mol. The molecule has 5 nitrogen and oxygen atoms in total. The fourth-order valence-corrected chi connectivity index (χ4v) is 7.40. The van der Waals surface area contributed by atoms with Crippen molar-refractivity contribution in [1.82, 2.24) is 9.55 Å². The van der Waals surface area contributed by atoms with Gasteiger partial charge in [0.05, 0.1) is 33.5 Å². The quantitative estimate of drug-likeness (QED) is 0.178. The third-order valence-corrected chi connectivity index (χ3v) is 9.57. The molecule has 2 amide bonds. The number of imide groups is 1. The van der Waals surface area contributed by atoms with E-state index in [4.69, 9.17) is 0 Å². The van der Waals surface area contributed by atoms with Gasteiger partial charge in [-0.2, -0.15) is 0 Å². The van der Waals surface area contributed by atoms with Crippen molar-refractivity contribution in [2.45, 2.75) is 6.92 Å². The van der Waals surface area contributed by atoms with Crippen LogP contribution in [0, 0.1) is 6.92 Å². The highest BCUT2D eigenvalue weighted by atomic mass is 16.2. The fourth-order valence-electron chi connectivity index (χ4n) is 7.40. The number of carbonyl (C=O) groups is 2. The maximum Gasteiger partial charge on any atom is 0.268 e. The van der Waals surface area contributed by atoms with Gasteiger partial charge in [-0.3, -0.25) is 14.6 Å². The van der Waals surface area contributed by atoms with E-state index in [1.54, 1.807) is 6.07 Å². The first-order valence-corrected chi connectivity index (χ1v) is 16.3.